The number of carbonyl (C=O) groups excluding carboxylic acids is 2. The van der Waals surface area contributed by atoms with Crippen molar-refractivity contribution in [2.45, 2.75) is 0 Å². The largest absolute Gasteiger partial charge is 0.398 e. The second-order valence-electron chi connectivity index (χ2n) is 4.42. The van der Waals surface area contributed by atoms with Crippen molar-refractivity contribution in [1.29, 1.82) is 0 Å². The van der Waals surface area contributed by atoms with Crippen molar-refractivity contribution in [3.05, 3.63) is 30.6 Å². The number of amides is 2. The van der Waals surface area contributed by atoms with Crippen LogP contribution in [0, 0.1) is 0 Å². The van der Waals surface area contributed by atoms with E-state index in [4.69, 9.17) is 5.73 Å². The monoisotopic (exact) mass is 256 g/mol. The Bertz CT molecular complexity index is 667. The van der Waals surface area contributed by atoms with Crippen LogP contribution in [0.25, 0.3) is 10.8 Å². The van der Waals surface area contributed by atoms with E-state index in [-0.39, 0.29) is 24.9 Å². The fourth-order valence-corrected chi connectivity index (χ4v) is 2.28. The number of imide groups is 1. The summed E-state index contributed by atoms with van der Waals surface area (Å²) >= 11 is 0. The predicted octanol–water partition coefficient (Wildman–Crippen LogP) is 0.280. The lowest BCUT2D eigenvalue weighted by atomic mass is 10.1. The van der Waals surface area contributed by atoms with Crippen molar-refractivity contribution in [3.8, 4) is 0 Å². The lowest BCUT2D eigenvalue weighted by molar-refractivity contribution is -0.130. The minimum absolute atomic E-state index is 0.152. The quantitative estimate of drug-likeness (QED) is 0.565. The van der Waals surface area contributed by atoms with Crippen LogP contribution in [0.3, 0.4) is 0 Å². The van der Waals surface area contributed by atoms with Crippen LogP contribution >= 0.6 is 0 Å². The number of nitrogens with zero attached hydrogens (tertiary/aromatic N) is 2. The number of fused-ring (bicyclic) bond motifs is 1. The maximum absolute atomic E-state index is 11.4. The summed E-state index contributed by atoms with van der Waals surface area (Å²) in [6, 6.07) is 5.40. The zero-order valence-corrected chi connectivity index (χ0v) is 10.1. The highest BCUT2D eigenvalue weighted by molar-refractivity contribution is 6.07. The van der Waals surface area contributed by atoms with Crippen LogP contribution in [-0.4, -0.2) is 29.9 Å². The molecule has 0 saturated carbocycles. The molecule has 0 aliphatic carbocycles. The predicted molar refractivity (Wildman–Crippen MR) is 71.5 cm³/mol. The number of hydrogen-bond donors (Lipinski definition) is 2. The van der Waals surface area contributed by atoms with Gasteiger partial charge in [0.05, 0.1) is 13.1 Å². The zero-order chi connectivity index (χ0) is 13.4. The van der Waals surface area contributed by atoms with Crippen LogP contribution in [0.1, 0.15) is 0 Å². The molecule has 6 nitrogen and oxygen atoms in total. The fraction of sp³-hybridized carbons (Fsp3) is 0.154. The lowest BCUT2D eigenvalue weighted by Gasteiger charge is -2.28. The average molecular weight is 256 g/mol. The van der Waals surface area contributed by atoms with Crippen LogP contribution < -0.4 is 16.0 Å². The van der Waals surface area contributed by atoms with Gasteiger partial charge in [-0.15, -0.1) is 0 Å². The summed E-state index contributed by atoms with van der Waals surface area (Å²) in [4.78, 5) is 28.7. The molecule has 1 fully saturated rings. The van der Waals surface area contributed by atoms with Crippen LogP contribution in [0.15, 0.2) is 30.6 Å². The number of benzene rings is 1. The molecule has 2 heterocycles. The van der Waals surface area contributed by atoms with E-state index >= 15 is 0 Å². The summed E-state index contributed by atoms with van der Waals surface area (Å²) in [6.45, 7) is 0.305. The van der Waals surface area contributed by atoms with Crippen molar-refractivity contribution in [1.82, 2.24) is 10.3 Å². The van der Waals surface area contributed by atoms with E-state index in [1.54, 1.807) is 23.4 Å². The number of aromatic nitrogens is 1. The summed E-state index contributed by atoms with van der Waals surface area (Å²) in [5.74, 6) is -0.602. The molecule has 1 aromatic heterocycles. The maximum atomic E-state index is 11.4. The third-order valence-electron chi connectivity index (χ3n) is 3.12. The highest BCUT2D eigenvalue weighted by Gasteiger charge is 2.24. The minimum Gasteiger partial charge on any atom is -0.398 e. The molecule has 3 rings (SSSR count). The Morgan fingerprint density at radius 2 is 1.84 bits per heavy atom. The Morgan fingerprint density at radius 1 is 1.11 bits per heavy atom. The first-order valence-electron chi connectivity index (χ1n) is 5.85. The van der Waals surface area contributed by atoms with E-state index in [2.05, 4.69) is 10.3 Å². The zero-order valence-electron chi connectivity index (χ0n) is 10.1. The first kappa shape index (κ1) is 11.5. The van der Waals surface area contributed by atoms with E-state index in [0.29, 0.717) is 5.69 Å². The van der Waals surface area contributed by atoms with Gasteiger partial charge in [-0.2, -0.15) is 0 Å². The van der Waals surface area contributed by atoms with Gasteiger partial charge >= 0.3 is 0 Å². The summed E-state index contributed by atoms with van der Waals surface area (Å²) in [5.41, 5.74) is 7.36. The lowest BCUT2D eigenvalue weighted by Crippen LogP contribution is -2.51. The molecule has 1 saturated heterocycles. The molecule has 0 radical (unpaired) electrons. The molecule has 96 valence electrons. The van der Waals surface area contributed by atoms with Crippen molar-refractivity contribution < 1.29 is 9.59 Å². The molecular formula is C13H12N4O2. The standard InChI is InChI=1S/C13H12N4O2/c14-10-1-2-11(9-5-15-4-3-8(9)10)17-6-12(18)16-13(19)7-17/h1-5H,6-7,14H2,(H,16,18,19). The molecule has 1 aliphatic heterocycles. The van der Waals surface area contributed by atoms with E-state index in [1.165, 1.54) is 0 Å². The number of nitrogens with one attached hydrogen (secondary N) is 1. The van der Waals surface area contributed by atoms with E-state index in [9.17, 15) is 9.59 Å². The Labute approximate surface area is 109 Å². The molecule has 2 amide bonds. The first-order chi connectivity index (χ1) is 9.15. The SMILES string of the molecule is Nc1ccc(N2CC(=O)NC(=O)C2)c2cnccc12. The number of piperazine rings is 1. The number of nitrogens with two attached hydrogens (primary N) is 1. The Kier molecular flexibility index (Phi) is 2.56. The molecule has 19 heavy (non-hydrogen) atoms. The number of nitrogen functional groups attached to an aromatic ring is 1. The van der Waals surface area contributed by atoms with Gasteiger partial charge in [0.2, 0.25) is 11.8 Å². The van der Waals surface area contributed by atoms with E-state index in [0.717, 1.165) is 16.5 Å². The summed E-state index contributed by atoms with van der Waals surface area (Å²) in [7, 11) is 0. The van der Waals surface area contributed by atoms with Gasteiger partial charge in [0, 0.05) is 34.5 Å². The van der Waals surface area contributed by atoms with E-state index in [1.807, 2.05) is 12.1 Å². The van der Waals surface area contributed by atoms with Gasteiger partial charge < -0.3 is 10.6 Å². The number of hydrogen-bond acceptors (Lipinski definition) is 5. The Balaban J connectivity index is 2.12. The maximum Gasteiger partial charge on any atom is 0.246 e. The molecule has 0 atom stereocenters. The third-order valence-corrected chi connectivity index (χ3v) is 3.12. The highest BCUT2D eigenvalue weighted by atomic mass is 16.2. The number of pyridine rings is 1. The molecule has 2 aromatic rings. The van der Waals surface area contributed by atoms with Crippen LogP contribution in [-0.2, 0) is 9.59 Å². The number of carbonyl (C=O) groups is 2. The highest BCUT2D eigenvalue weighted by Crippen LogP contribution is 2.30. The molecule has 0 bridgehead atoms. The van der Waals surface area contributed by atoms with Gasteiger partial charge in [0.1, 0.15) is 0 Å². The Hall–Kier alpha value is -2.63. The van der Waals surface area contributed by atoms with Gasteiger partial charge in [-0.25, -0.2) is 0 Å². The van der Waals surface area contributed by atoms with Gasteiger partial charge in [-0.1, -0.05) is 0 Å². The molecule has 0 spiro atoms. The van der Waals surface area contributed by atoms with Gasteiger partial charge in [-0.3, -0.25) is 19.9 Å². The second-order valence-corrected chi connectivity index (χ2v) is 4.42. The van der Waals surface area contributed by atoms with Gasteiger partial charge in [0.15, 0.2) is 0 Å². The smallest absolute Gasteiger partial charge is 0.246 e. The van der Waals surface area contributed by atoms with Crippen LogP contribution in [0.5, 0.6) is 0 Å². The van der Waals surface area contributed by atoms with Crippen molar-refractivity contribution in [2.75, 3.05) is 23.7 Å². The summed E-state index contributed by atoms with van der Waals surface area (Å²) in [5, 5.41) is 3.98. The normalized spacial score (nSPS) is 15.7. The Morgan fingerprint density at radius 3 is 2.58 bits per heavy atom. The number of anilines is 2. The van der Waals surface area contributed by atoms with Crippen molar-refractivity contribution >= 4 is 34.0 Å². The molecule has 6 heteroatoms. The molecular weight excluding hydrogens is 244 g/mol. The second kappa shape index (κ2) is 4.24. The summed E-state index contributed by atoms with van der Waals surface area (Å²) < 4.78 is 0. The van der Waals surface area contributed by atoms with Crippen LogP contribution in [0.4, 0.5) is 11.4 Å². The molecule has 1 aliphatic rings. The van der Waals surface area contributed by atoms with E-state index < -0.39 is 0 Å². The third kappa shape index (κ3) is 1.97. The van der Waals surface area contributed by atoms with Crippen LogP contribution in [0.2, 0.25) is 0 Å². The van der Waals surface area contributed by atoms with Gasteiger partial charge in [0.25, 0.3) is 0 Å². The number of rotatable bonds is 1. The topological polar surface area (TPSA) is 88.3 Å². The average Bonchev–Trinajstić information content (AvgIpc) is 2.38. The van der Waals surface area contributed by atoms with Crippen molar-refractivity contribution in [3.63, 3.8) is 0 Å². The van der Waals surface area contributed by atoms with Crippen molar-refractivity contribution in [2.24, 2.45) is 0 Å². The minimum atomic E-state index is -0.301. The molecule has 3 N–H and O–H groups in total. The first-order valence-corrected chi connectivity index (χ1v) is 5.85. The fourth-order valence-electron chi connectivity index (χ4n) is 2.28. The molecule has 1 aromatic carbocycles. The summed E-state index contributed by atoms with van der Waals surface area (Å²) in [6.07, 6.45) is 3.36. The molecule has 0 unspecified atom stereocenters. The van der Waals surface area contributed by atoms with Gasteiger partial charge in [-0.05, 0) is 18.2 Å².